The van der Waals surface area contributed by atoms with E-state index in [0.29, 0.717) is 0 Å². The van der Waals surface area contributed by atoms with Gasteiger partial charge < -0.3 is 13.9 Å². The predicted octanol–water partition coefficient (Wildman–Crippen LogP) is 16.3. The van der Waals surface area contributed by atoms with E-state index in [1.54, 1.807) is 0 Å². The maximum absolute atomic E-state index is 6.64. The van der Waals surface area contributed by atoms with Crippen molar-refractivity contribution in [3.05, 3.63) is 231 Å². The third-order valence-corrected chi connectivity index (χ3v) is 12.2. The summed E-state index contributed by atoms with van der Waals surface area (Å²) in [5.74, 6) is 0. The van der Waals surface area contributed by atoms with E-state index in [-0.39, 0.29) is 0 Å². The van der Waals surface area contributed by atoms with E-state index >= 15 is 0 Å². The van der Waals surface area contributed by atoms with Gasteiger partial charge in [-0.25, -0.2) is 0 Å². The van der Waals surface area contributed by atoms with Crippen LogP contribution >= 0.6 is 0 Å². The lowest BCUT2D eigenvalue weighted by atomic mass is 9.97. The molecule has 0 aliphatic rings. The molecule has 3 heteroatoms. The molecule has 0 saturated carbocycles. The summed E-state index contributed by atoms with van der Waals surface area (Å²) in [6, 6.07) is 82.9. The Kier molecular flexibility index (Phi) is 8.17. The van der Waals surface area contributed by atoms with Crippen molar-refractivity contribution in [3.8, 4) is 39.1 Å². The molecule has 12 rings (SSSR count). The number of hydrogen-bond donors (Lipinski definition) is 0. The highest BCUT2D eigenvalue weighted by Gasteiger charge is 2.20. The summed E-state index contributed by atoms with van der Waals surface area (Å²) in [6.07, 6.45) is 0. The van der Waals surface area contributed by atoms with E-state index in [0.717, 1.165) is 61.4 Å². The molecule has 2 aromatic heterocycles. The lowest BCUT2D eigenvalue weighted by Gasteiger charge is -2.26. The number of fused-ring (bicyclic) bond motifs is 7. The minimum Gasteiger partial charge on any atom is -0.454 e. The molecular formula is C58H38N2O. The lowest BCUT2D eigenvalue weighted by molar-refractivity contribution is 0.669. The quantitative estimate of drug-likeness (QED) is 0.161. The van der Waals surface area contributed by atoms with E-state index in [9.17, 15) is 0 Å². The fourth-order valence-electron chi connectivity index (χ4n) is 9.21. The minimum absolute atomic E-state index is 0.860. The lowest BCUT2D eigenvalue weighted by Crippen LogP contribution is -2.10. The molecule has 0 spiro atoms. The molecule has 0 bridgehead atoms. The van der Waals surface area contributed by atoms with Crippen LogP contribution in [0, 0.1) is 0 Å². The summed E-state index contributed by atoms with van der Waals surface area (Å²) in [5, 5.41) is 7.22. The zero-order valence-corrected chi connectivity index (χ0v) is 33.2. The Balaban J connectivity index is 0.934. The van der Waals surface area contributed by atoms with Crippen LogP contribution in [-0.2, 0) is 0 Å². The van der Waals surface area contributed by atoms with Crippen molar-refractivity contribution in [2.24, 2.45) is 0 Å². The number of aromatic nitrogens is 1. The molecule has 2 heterocycles. The Hall–Kier alpha value is -8.14. The monoisotopic (exact) mass is 778 g/mol. The van der Waals surface area contributed by atoms with Crippen molar-refractivity contribution in [1.29, 1.82) is 0 Å². The number of para-hydroxylation sites is 4. The molecule has 0 atom stereocenters. The zero-order valence-electron chi connectivity index (χ0n) is 33.2. The second kappa shape index (κ2) is 14.3. The molecule has 3 nitrogen and oxygen atoms in total. The predicted molar refractivity (Wildman–Crippen MR) is 257 cm³/mol. The van der Waals surface area contributed by atoms with Crippen LogP contribution in [0.5, 0.6) is 0 Å². The molecule has 0 N–H and O–H groups in total. The standard InChI is InChI=1S/C58H38N2O/c1-2-13-42-37-46(27-26-39(42)12-1)44-15-9-14-43(36-44)40-28-32-47(33-29-40)59(56-24-11-21-53-52-20-5-8-25-57(52)61-58(53)56)48-34-30-41(31-35-48)45-16-10-17-49(38-45)60-54-22-6-3-18-50(54)51-19-4-7-23-55(51)60/h1-38H. The molecule has 0 amide bonds. The van der Waals surface area contributed by atoms with Gasteiger partial charge in [-0.2, -0.15) is 0 Å². The molecule has 10 aromatic carbocycles. The van der Waals surface area contributed by atoms with Crippen molar-refractivity contribution in [2.45, 2.75) is 0 Å². The minimum atomic E-state index is 0.860. The van der Waals surface area contributed by atoms with Crippen LogP contribution in [0.1, 0.15) is 0 Å². The van der Waals surface area contributed by atoms with Crippen molar-refractivity contribution < 1.29 is 4.42 Å². The third kappa shape index (κ3) is 5.98. The highest BCUT2D eigenvalue weighted by Crippen LogP contribution is 2.43. The van der Waals surface area contributed by atoms with Gasteiger partial charge in [-0.15, -0.1) is 0 Å². The molecule has 286 valence electrons. The van der Waals surface area contributed by atoms with Gasteiger partial charge in [0.25, 0.3) is 0 Å². The van der Waals surface area contributed by atoms with Gasteiger partial charge >= 0.3 is 0 Å². The second-order valence-corrected chi connectivity index (χ2v) is 15.7. The van der Waals surface area contributed by atoms with Gasteiger partial charge in [-0.05, 0) is 117 Å². The van der Waals surface area contributed by atoms with Crippen molar-refractivity contribution in [1.82, 2.24) is 4.57 Å². The summed E-state index contributed by atoms with van der Waals surface area (Å²) >= 11 is 0. The number of rotatable bonds is 7. The SMILES string of the molecule is c1cc(-c2ccc(N(c3ccc(-c4cccc(-n5c6ccccc6c6ccccc65)c4)cc3)c3cccc4c3oc3ccccc34)cc2)cc(-c2ccc3ccccc3c2)c1. The molecule has 0 aliphatic carbocycles. The molecule has 0 fully saturated rings. The van der Waals surface area contributed by atoms with Crippen molar-refractivity contribution >= 4 is 71.6 Å². The number of hydrogen-bond acceptors (Lipinski definition) is 2. The Bertz CT molecular complexity index is 3540. The number of anilines is 3. The molecule has 0 radical (unpaired) electrons. The number of furan rings is 1. The first kappa shape index (κ1) is 34.9. The summed E-state index contributed by atoms with van der Waals surface area (Å²) < 4.78 is 9.02. The van der Waals surface area contributed by atoms with Gasteiger partial charge in [0.2, 0.25) is 0 Å². The first-order valence-electron chi connectivity index (χ1n) is 20.8. The van der Waals surface area contributed by atoms with E-state index in [1.807, 2.05) is 12.1 Å². The van der Waals surface area contributed by atoms with E-state index < -0.39 is 0 Å². The topological polar surface area (TPSA) is 21.3 Å². The van der Waals surface area contributed by atoms with Crippen LogP contribution in [0.3, 0.4) is 0 Å². The van der Waals surface area contributed by atoms with E-state index in [1.165, 1.54) is 49.3 Å². The van der Waals surface area contributed by atoms with Crippen LogP contribution in [0.25, 0.3) is 93.6 Å². The van der Waals surface area contributed by atoms with Gasteiger partial charge in [0, 0.05) is 38.6 Å². The fourth-order valence-corrected chi connectivity index (χ4v) is 9.21. The van der Waals surface area contributed by atoms with Crippen LogP contribution in [0.4, 0.5) is 17.1 Å². The van der Waals surface area contributed by atoms with E-state index in [4.69, 9.17) is 4.42 Å². The molecule has 0 aliphatic heterocycles. The summed E-state index contributed by atoms with van der Waals surface area (Å²) in [7, 11) is 0. The van der Waals surface area contributed by atoms with Crippen LogP contribution in [-0.4, -0.2) is 4.57 Å². The van der Waals surface area contributed by atoms with Gasteiger partial charge in [-0.1, -0.05) is 158 Å². The highest BCUT2D eigenvalue weighted by molar-refractivity contribution is 6.11. The normalized spacial score (nSPS) is 11.6. The van der Waals surface area contributed by atoms with Crippen LogP contribution in [0.2, 0.25) is 0 Å². The fraction of sp³-hybridized carbons (Fsp3) is 0. The summed E-state index contributed by atoms with van der Waals surface area (Å²) in [6.45, 7) is 0. The smallest absolute Gasteiger partial charge is 0.159 e. The van der Waals surface area contributed by atoms with Crippen LogP contribution in [0.15, 0.2) is 235 Å². The number of benzene rings is 10. The molecule has 0 unspecified atom stereocenters. The Morgan fingerprint density at radius 3 is 1.54 bits per heavy atom. The van der Waals surface area contributed by atoms with Gasteiger partial charge in [0.15, 0.2) is 5.58 Å². The Morgan fingerprint density at radius 1 is 0.328 bits per heavy atom. The van der Waals surface area contributed by atoms with Gasteiger partial charge in [0.05, 0.1) is 16.7 Å². The first-order chi connectivity index (χ1) is 30.2. The molecular weight excluding hydrogens is 741 g/mol. The molecule has 61 heavy (non-hydrogen) atoms. The maximum atomic E-state index is 6.64. The average Bonchev–Trinajstić information content (AvgIpc) is 3.89. The molecule has 0 saturated heterocycles. The largest absolute Gasteiger partial charge is 0.454 e. The van der Waals surface area contributed by atoms with Crippen molar-refractivity contribution in [2.75, 3.05) is 4.90 Å². The molecule has 12 aromatic rings. The van der Waals surface area contributed by atoms with Crippen molar-refractivity contribution in [3.63, 3.8) is 0 Å². The van der Waals surface area contributed by atoms with E-state index in [2.05, 4.69) is 228 Å². The first-order valence-corrected chi connectivity index (χ1v) is 20.8. The average molecular weight is 779 g/mol. The van der Waals surface area contributed by atoms with Crippen LogP contribution < -0.4 is 4.90 Å². The van der Waals surface area contributed by atoms with Gasteiger partial charge in [-0.3, -0.25) is 0 Å². The maximum Gasteiger partial charge on any atom is 0.159 e. The number of nitrogens with zero attached hydrogens (tertiary/aromatic N) is 2. The Morgan fingerprint density at radius 2 is 0.836 bits per heavy atom. The Labute approximate surface area is 353 Å². The zero-order chi connectivity index (χ0) is 40.3. The second-order valence-electron chi connectivity index (χ2n) is 15.7. The summed E-state index contributed by atoms with van der Waals surface area (Å²) in [5.41, 5.74) is 15.4. The summed E-state index contributed by atoms with van der Waals surface area (Å²) in [4.78, 5) is 2.32. The highest BCUT2D eigenvalue weighted by atomic mass is 16.3. The third-order valence-electron chi connectivity index (χ3n) is 12.2. The van der Waals surface area contributed by atoms with Gasteiger partial charge in [0.1, 0.15) is 5.58 Å².